The maximum atomic E-state index is 11.2. The van der Waals surface area contributed by atoms with Crippen molar-refractivity contribution in [3.63, 3.8) is 0 Å². The van der Waals surface area contributed by atoms with Crippen LogP contribution in [-0.2, 0) is 18.4 Å². The van der Waals surface area contributed by atoms with Gasteiger partial charge in [-0.1, -0.05) is 0 Å². The number of carboxylic acids is 1. The molecule has 2 aromatic heterocycles. The number of carbonyl (C=O) groups is 1. The Balaban J connectivity index is 2.38. The minimum atomic E-state index is -0.947. The summed E-state index contributed by atoms with van der Waals surface area (Å²) in [6, 6.07) is 1.86. The molecule has 0 saturated heterocycles. The molecule has 0 aliphatic rings. The molecule has 0 atom stereocenters. The van der Waals surface area contributed by atoms with Gasteiger partial charge in [0.2, 0.25) is 0 Å². The van der Waals surface area contributed by atoms with Crippen LogP contribution in [0.5, 0.6) is 0 Å². The van der Waals surface area contributed by atoms with E-state index < -0.39 is 11.4 Å². The lowest BCUT2D eigenvalue weighted by molar-refractivity contribution is -0.147. The van der Waals surface area contributed by atoms with Crippen LogP contribution in [0.2, 0.25) is 0 Å². The highest BCUT2D eigenvalue weighted by Crippen LogP contribution is 2.22. The van der Waals surface area contributed by atoms with Crippen molar-refractivity contribution in [2.75, 3.05) is 0 Å². The van der Waals surface area contributed by atoms with Crippen molar-refractivity contribution in [3.8, 4) is 11.5 Å². The Morgan fingerprint density at radius 1 is 1.47 bits per heavy atom. The molecule has 0 aromatic carbocycles. The molecule has 1 N–H and O–H groups in total. The number of hydrogen-bond acceptors (Lipinski definition) is 5. The van der Waals surface area contributed by atoms with E-state index in [-0.39, 0.29) is 6.54 Å². The fraction of sp³-hybridized carbons (Fsp3) is 0.545. The highest BCUT2D eigenvalue weighted by molar-refractivity contribution is 5.73. The monoisotopic (exact) mass is 264 g/mol. The molecule has 0 aliphatic carbocycles. The van der Waals surface area contributed by atoms with Crippen LogP contribution in [0.3, 0.4) is 0 Å². The summed E-state index contributed by atoms with van der Waals surface area (Å²) >= 11 is 0. The second-order valence-electron chi connectivity index (χ2n) is 5.14. The molecule has 0 spiro atoms. The molecule has 0 unspecified atom stereocenters. The quantitative estimate of drug-likeness (QED) is 0.863. The Bertz CT molecular complexity index is 612. The SMILES string of the molecule is Cc1cc(-c2nnnn2CC(C)(C)C(=O)O)n(C)n1. The largest absolute Gasteiger partial charge is 0.481 e. The highest BCUT2D eigenvalue weighted by Gasteiger charge is 2.30. The van der Waals surface area contributed by atoms with Gasteiger partial charge in [-0.3, -0.25) is 9.48 Å². The molecule has 8 heteroatoms. The molecule has 0 fully saturated rings. The predicted octanol–water partition coefficient (Wildman–Crippen LogP) is 0.493. The molecule has 0 amide bonds. The number of aromatic nitrogens is 6. The summed E-state index contributed by atoms with van der Waals surface area (Å²) < 4.78 is 3.16. The number of rotatable bonds is 4. The van der Waals surface area contributed by atoms with Crippen LogP contribution in [0.1, 0.15) is 19.5 Å². The predicted molar refractivity (Wildman–Crippen MR) is 66.2 cm³/mol. The molecule has 0 bridgehead atoms. The Morgan fingerprint density at radius 3 is 2.68 bits per heavy atom. The number of aryl methyl sites for hydroxylation is 2. The zero-order valence-electron chi connectivity index (χ0n) is 11.3. The second kappa shape index (κ2) is 4.45. The van der Waals surface area contributed by atoms with Crippen molar-refractivity contribution in [1.29, 1.82) is 0 Å². The molecular weight excluding hydrogens is 248 g/mol. The minimum absolute atomic E-state index is 0.189. The normalized spacial score (nSPS) is 11.8. The van der Waals surface area contributed by atoms with Gasteiger partial charge in [0, 0.05) is 7.05 Å². The Kier molecular flexibility index (Phi) is 3.09. The van der Waals surface area contributed by atoms with Gasteiger partial charge >= 0.3 is 5.97 Å². The summed E-state index contributed by atoms with van der Waals surface area (Å²) in [5.74, 6) is -0.382. The van der Waals surface area contributed by atoms with E-state index in [0.29, 0.717) is 5.82 Å². The summed E-state index contributed by atoms with van der Waals surface area (Å²) in [7, 11) is 1.80. The van der Waals surface area contributed by atoms with Gasteiger partial charge in [0.1, 0.15) is 5.69 Å². The van der Waals surface area contributed by atoms with E-state index in [9.17, 15) is 4.79 Å². The van der Waals surface area contributed by atoms with Crippen molar-refractivity contribution in [3.05, 3.63) is 11.8 Å². The standard InChI is InChI=1S/C11H16N6O2/c1-7-5-8(16(4)13-7)9-12-14-15-17(9)6-11(2,3)10(18)19/h5H,6H2,1-4H3,(H,18,19). The van der Waals surface area contributed by atoms with E-state index in [1.54, 1.807) is 25.6 Å². The van der Waals surface area contributed by atoms with Crippen LogP contribution in [0, 0.1) is 12.3 Å². The average molecular weight is 264 g/mol. The van der Waals surface area contributed by atoms with E-state index >= 15 is 0 Å². The zero-order chi connectivity index (χ0) is 14.2. The van der Waals surface area contributed by atoms with Gasteiger partial charge < -0.3 is 5.11 Å². The van der Waals surface area contributed by atoms with Crippen molar-refractivity contribution in [1.82, 2.24) is 30.0 Å². The fourth-order valence-electron chi connectivity index (χ4n) is 1.76. The smallest absolute Gasteiger partial charge is 0.310 e. The second-order valence-corrected chi connectivity index (χ2v) is 5.14. The van der Waals surface area contributed by atoms with Crippen LogP contribution in [0.15, 0.2) is 6.07 Å². The van der Waals surface area contributed by atoms with Gasteiger partial charge in [-0.2, -0.15) is 5.10 Å². The average Bonchev–Trinajstić information content (AvgIpc) is 2.84. The molecular formula is C11H16N6O2. The van der Waals surface area contributed by atoms with Gasteiger partial charge in [-0.05, 0) is 37.3 Å². The fourth-order valence-corrected chi connectivity index (χ4v) is 1.76. The molecule has 0 radical (unpaired) electrons. The first-order valence-electron chi connectivity index (χ1n) is 5.82. The summed E-state index contributed by atoms with van der Waals surface area (Å²) in [5, 5.41) is 24.8. The maximum Gasteiger partial charge on any atom is 0.310 e. The molecule has 0 saturated carbocycles. The number of hydrogen-bond donors (Lipinski definition) is 1. The van der Waals surface area contributed by atoms with Crippen LogP contribution in [0.4, 0.5) is 0 Å². The first-order chi connectivity index (χ1) is 8.81. The first-order valence-corrected chi connectivity index (χ1v) is 5.82. The van der Waals surface area contributed by atoms with Crippen molar-refractivity contribution in [2.45, 2.75) is 27.3 Å². The molecule has 0 aliphatic heterocycles. The van der Waals surface area contributed by atoms with Crippen LogP contribution in [0.25, 0.3) is 11.5 Å². The molecule has 102 valence electrons. The third kappa shape index (κ3) is 2.47. The van der Waals surface area contributed by atoms with E-state index in [2.05, 4.69) is 20.6 Å². The van der Waals surface area contributed by atoms with Gasteiger partial charge in [0.05, 0.1) is 17.7 Å². The Hall–Kier alpha value is -2.25. The van der Waals surface area contributed by atoms with Gasteiger partial charge in [0.15, 0.2) is 5.82 Å². The van der Waals surface area contributed by atoms with Crippen molar-refractivity contribution in [2.24, 2.45) is 12.5 Å². The third-order valence-electron chi connectivity index (χ3n) is 2.89. The lowest BCUT2D eigenvalue weighted by atomic mass is 9.94. The van der Waals surface area contributed by atoms with Gasteiger partial charge in [-0.25, -0.2) is 4.68 Å². The summed E-state index contributed by atoms with van der Waals surface area (Å²) in [5.41, 5.74) is 0.658. The van der Waals surface area contributed by atoms with E-state index in [4.69, 9.17) is 5.11 Å². The van der Waals surface area contributed by atoms with E-state index in [1.807, 2.05) is 13.0 Å². The van der Waals surface area contributed by atoms with E-state index in [0.717, 1.165) is 11.4 Å². The maximum absolute atomic E-state index is 11.2. The number of nitrogens with zero attached hydrogens (tertiary/aromatic N) is 6. The highest BCUT2D eigenvalue weighted by atomic mass is 16.4. The lowest BCUT2D eigenvalue weighted by Crippen LogP contribution is -2.30. The van der Waals surface area contributed by atoms with Crippen molar-refractivity contribution < 1.29 is 9.90 Å². The summed E-state index contributed by atoms with van der Waals surface area (Å²) in [4.78, 5) is 11.2. The first kappa shape index (κ1) is 13.2. The zero-order valence-corrected chi connectivity index (χ0v) is 11.3. The lowest BCUT2D eigenvalue weighted by Gasteiger charge is -2.18. The van der Waals surface area contributed by atoms with Gasteiger partial charge in [-0.15, -0.1) is 5.10 Å². The third-order valence-corrected chi connectivity index (χ3v) is 2.89. The van der Waals surface area contributed by atoms with Crippen LogP contribution < -0.4 is 0 Å². The van der Waals surface area contributed by atoms with E-state index in [1.165, 1.54) is 4.68 Å². The Labute approximate surface area is 110 Å². The minimum Gasteiger partial charge on any atom is -0.481 e. The number of tetrazole rings is 1. The molecule has 19 heavy (non-hydrogen) atoms. The molecule has 2 heterocycles. The summed E-state index contributed by atoms with van der Waals surface area (Å²) in [6.07, 6.45) is 0. The van der Waals surface area contributed by atoms with Gasteiger partial charge in [0.25, 0.3) is 0 Å². The number of carboxylic acid groups (broad SMARTS) is 1. The Morgan fingerprint density at radius 2 is 2.16 bits per heavy atom. The number of aliphatic carboxylic acids is 1. The summed E-state index contributed by atoms with van der Waals surface area (Å²) in [6.45, 7) is 5.33. The molecule has 2 rings (SSSR count). The topological polar surface area (TPSA) is 98.7 Å². The van der Waals surface area contributed by atoms with Crippen LogP contribution in [-0.4, -0.2) is 41.1 Å². The van der Waals surface area contributed by atoms with Crippen LogP contribution >= 0.6 is 0 Å². The molecule has 2 aromatic rings. The van der Waals surface area contributed by atoms with Crippen molar-refractivity contribution >= 4 is 5.97 Å². The molecule has 8 nitrogen and oxygen atoms in total.